The molecule has 0 atom stereocenters. The van der Waals surface area contributed by atoms with Gasteiger partial charge in [0.05, 0.1) is 4.47 Å². The molecule has 0 unspecified atom stereocenters. The van der Waals surface area contributed by atoms with Gasteiger partial charge in [-0.25, -0.2) is 0 Å². The third-order valence-electron chi connectivity index (χ3n) is 2.94. The minimum atomic E-state index is -0.486. The molecule has 2 aromatic carbocycles. The lowest BCUT2D eigenvalue weighted by atomic mass is 10.2. The summed E-state index contributed by atoms with van der Waals surface area (Å²) in [5.41, 5.74) is 5.80. The molecule has 0 saturated heterocycles. The number of nitrogens with one attached hydrogen (secondary N) is 2. The number of halogens is 3. The molecule has 0 spiro atoms. The Kier molecular flexibility index (Phi) is 6.65. The van der Waals surface area contributed by atoms with Gasteiger partial charge in [0.15, 0.2) is 6.61 Å². The van der Waals surface area contributed by atoms with E-state index in [4.69, 9.17) is 16.3 Å². The third kappa shape index (κ3) is 5.22. The van der Waals surface area contributed by atoms with Crippen LogP contribution in [0, 0.1) is 6.92 Å². The summed E-state index contributed by atoms with van der Waals surface area (Å²) in [5, 5.41) is 0.438. The predicted molar refractivity (Wildman–Crippen MR) is 99.1 cm³/mol. The summed E-state index contributed by atoms with van der Waals surface area (Å²) in [5.74, 6) is -0.388. The summed E-state index contributed by atoms with van der Waals surface area (Å²) in [7, 11) is 0. The summed E-state index contributed by atoms with van der Waals surface area (Å²) in [6.45, 7) is 1.63. The number of aryl methyl sites for hydroxylation is 1. The van der Waals surface area contributed by atoms with E-state index in [-0.39, 0.29) is 6.61 Å². The van der Waals surface area contributed by atoms with E-state index in [1.807, 2.05) is 19.1 Å². The average molecular weight is 477 g/mol. The molecule has 0 aliphatic carbocycles. The first kappa shape index (κ1) is 18.8. The molecule has 5 nitrogen and oxygen atoms in total. The normalized spacial score (nSPS) is 10.2. The number of hydrogen-bond donors (Lipinski definition) is 2. The Labute approximate surface area is 160 Å². The molecule has 126 valence electrons. The largest absolute Gasteiger partial charge is 0.482 e. The van der Waals surface area contributed by atoms with Crippen LogP contribution < -0.4 is 15.6 Å². The lowest BCUT2D eigenvalue weighted by molar-refractivity contribution is -0.123. The molecule has 0 bridgehead atoms. The quantitative estimate of drug-likeness (QED) is 0.656. The van der Waals surface area contributed by atoms with Crippen molar-refractivity contribution in [2.45, 2.75) is 6.92 Å². The summed E-state index contributed by atoms with van der Waals surface area (Å²) in [4.78, 5) is 23.7. The fourth-order valence-electron chi connectivity index (χ4n) is 1.87. The van der Waals surface area contributed by atoms with Gasteiger partial charge in [-0.1, -0.05) is 33.6 Å². The van der Waals surface area contributed by atoms with E-state index in [0.717, 1.165) is 14.5 Å². The molecular formula is C16H13Br2ClN2O3. The minimum Gasteiger partial charge on any atom is -0.482 e. The van der Waals surface area contributed by atoms with Gasteiger partial charge in [-0.05, 0) is 58.7 Å². The van der Waals surface area contributed by atoms with Crippen LogP contribution in [0.3, 0.4) is 0 Å². The van der Waals surface area contributed by atoms with Gasteiger partial charge in [0.1, 0.15) is 5.75 Å². The lowest BCUT2D eigenvalue weighted by Crippen LogP contribution is -2.43. The molecule has 2 N–H and O–H groups in total. The van der Waals surface area contributed by atoms with Crippen molar-refractivity contribution in [1.82, 2.24) is 10.9 Å². The summed E-state index contributed by atoms with van der Waals surface area (Å²) in [6, 6.07) is 10.1. The number of amides is 2. The van der Waals surface area contributed by atoms with Crippen molar-refractivity contribution in [3.63, 3.8) is 0 Å². The Hall–Kier alpha value is -1.57. The highest BCUT2D eigenvalue weighted by atomic mass is 79.9. The van der Waals surface area contributed by atoms with Gasteiger partial charge in [0.25, 0.3) is 11.8 Å². The van der Waals surface area contributed by atoms with Crippen molar-refractivity contribution in [3.8, 4) is 5.75 Å². The first-order valence-electron chi connectivity index (χ1n) is 6.80. The van der Waals surface area contributed by atoms with Crippen LogP contribution in [0.5, 0.6) is 5.75 Å². The second-order valence-corrected chi connectivity index (χ2v) is 7.04. The van der Waals surface area contributed by atoms with Crippen molar-refractivity contribution in [2.75, 3.05) is 6.61 Å². The van der Waals surface area contributed by atoms with Crippen LogP contribution in [0.4, 0.5) is 0 Å². The Bertz CT molecular complexity index is 761. The SMILES string of the molecule is Cc1cc(Br)cc(Br)c1OCC(=O)NNC(=O)c1cccc(Cl)c1. The fraction of sp³-hybridized carbons (Fsp3) is 0.125. The van der Waals surface area contributed by atoms with E-state index in [1.54, 1.807) is 18.2 Å². The van der Waals surface area contributed by atoms with E-state index in [2.05, 4.69) is 42.7 Å². The zero-order chi connectivity index (χ0) is 17.7. The maximum absolute atomic E-state index is 11.9. The van der Waals surface area contributed by atoms with Crippen molar-refractivity contribution in [1.29, 1.82) is 0 Å². The zero-order valence-corrected chi connectivity index (χ0v) is 16.5. The fourth-order valence-corrected chi connectivity index (χ4v) is 3.62. The van der Waals surface area contributed by atoms with E-state index < -0.39 is 11.8 Å². The number of carbonyl (C=O) groups is 2. The van der Waals surface area contributed by atoms with E-state index in [1.165, 1.54) is 6.07 Å². The van der Waals surface area contributed by atoms with Crippen LogP contribution in [-0.4, -0.2) is 18.4 Å². The average Bonchev–Trinajstić information content (AvgIpc) is 2.51. The second-order valence-electron chi connectivity index (χ2n) is 4.83. The van der Waals surface area contributed by atoms with Crippen molar-refractivity contribution in [3.05, 3.63) is 61.5 Å². The maximum Gasteiger partial charge on any atom is 0.276 e. The monoisotopic (exact) mass is 474 g/mol. The molecule has 0 radical (unpaired) electrons. The number of benzene rings is 2. The number of rotatable bonds is 4. The van der Waals surface area contributed by atoms with Gasteiger partial charge >= 0.3 is 0 Å². The van der Waals surface area contributed by atoms with E-state index in [0.29, 0.717) is 16.3 Å². The highest BCUT2D eigenvalue weighted by Gasteiger charge is 2.11. The summed E-state index contributed by atoms with van der Waals surface area (Å²) < 4.78 is 7.12. The molecular weight excluding hydrogens is 463 g/mol. The first-order chi connectivity index (χ1) is 11.4. The summed E-state index contributed by atoms with van der Waals surface area (Å²) >= 11 is 12.6. The third-order valence-corrected chi connectivity index (χ3v) is 4.23. The molecule has 2 amide bonds. The van der Waals surface area contributed by atoms with Crippen LogP contribution in [-0.2, 0) is 4.79 Å². The van der Waals surface area contributed by atoms with Crippen molar-refractivity contribution >= 4 is 55.3 Å². The maximum atomic E-state index is 11.9. The molecule has 24 heavy (non-hydrogen) atoms. The second kappa shape index (κ2) is 8.50. The minimum absolute atomic E-state index is 0.239. The van der Waals surface area contributed by atoms with Crippen molar-refractivity contribution in [2.24, 2.45) is 0 Å². The van der Waals surface area contributed by atoms with Crippen LogP contribution >= 0.6 is 43.5 Å². The van der Waals surface area contributed by atoms with Gasteiger partial charge in [0.2, 0.25) is 0 Å². The van der Waals surface area contributed by atoms with Crippen LogP contribution in [0.2, 0.25) is 5.02 Å². The van der Waals surface area contributed by atoms with Gasteiger partial charge in [-0.15, -0.1) is 0 Å². The molecule has 0 aliphatic heterocycles. The topological polar surface area (TPSA) is 67.4 Å². The standard InChI is InChI=1S/C16H13Br2ClN2O3/c1-9-5-11(17)7-13(18)15(9)24-8-14(22)20-21-16(23)10-3-2-4-12(19)6-10/h2-7H,8H2,1H3,(H,20,22)(H,21,23). The molecule has 0 aliphatic rings. The van der Waals surface area contributed by atoms with Gasteiger partial charge in [-0.2, -0.15) is 0 Å². The highest BCUT2D eigenvalue weighted by Crippen LogP contribution is 2.32. The van der Waals surface area contributed by atoms with E-state index in [9.17, 15) is 9.59 Å². The molecule has 0 aromatic heterocycles. The van der Waals surface area contributed by atoms with Gasteiger partial charge in [0, 0.05) is 15.1 Å². The van der Waals surface area contributed by atoms with Crippen LogP contribution in [0.25, 0.3) is 0 Å². The molecule has 0 fully saturated rings. The van der Waals surface area contributed by atoms with Crippen LogP contribution in [0.1, 0.15) is 15.9 Å². The first-order valence-corrected chi connectivity index (χ1v) is 8.76. The molecule has 2 aromatic rings. The van der Waals surface area contributed by atoms with Gasteiger partial charge < -0.3 is 4.74 Å². The Morgan fingerprint density at radius 1 is 1.17 bits per heavy atom. The van der Waals surface area contributed by atoms with E-state index >= 15 is 0 Å². The lowest BCUT2D eigenvalue weighted by Gasteiger charge is -2.12. The summed E-state index contributed by atoms with van der Waals surface area (Å²) in [6.07, 6.45) is 0. The number of ether oxygens (including phenoxy) is 1. The molecule has 0 saturated carbocycles. The Balaban J connectivity index is 1.87. The number of hydrogen-bond acceptors (Lipinski definition) is 3. The zero-order valence-electron chi connectivity index (χ0n) is 12.5. The van der Waals surface area contributed by atoms with Crippen LogP contribution in [0.15, 0.2) is 45.3 Å². The smallest absolute Gasteiger partial charge is 0.276 e. The molecule has 8 heteroatoms. The molecule has 0 heterocycles. The Morgan fingerprint density at radius 2 is 1.92 bits per heavy atom. The van der Waals surface area contributed by atoms with Gasteiger partial charge in [-0.3, -0.25) is 20.4 Å². The number of carbonyl (C=O) groups excluding carboxylic acids is 2. The highest BCUT2D eigenvalue weighted by molar-refractivity contribution is 9.11. The Morgan fingerprint density at radius 3 is 2.58 bits per heavy atom. The molecule has 2 rings (SSSR count). The predicted octanol–water partition coefficient (Wildman–Crippen LogP) is 4.01. The number of hydrazine groups is 1. The van der Waals surface area contributed by atoms with Crippen molar-refractivity contribution < 1.29 is 14.3 Å².